The normalized spacial score (nSPS) is 15.6. The summed E-state index contributed by atoms with van der Waals surface area (Å²) in [6.07, 6.45) is 3.48. The SMILES string of the molecule is O=C(c1ccncc1C#CCCO)N1CCS(=O)CC1. The van der Waals surface area contributed by atoms with Crippen molar-refractivity contribution in [3.05, 3.63) is 29.6 Å². The molecule has 0 unspecified atom stereocenters. The van der Waals surface area contributed by atoms with Crippen LogP contribution in [0.4, 0.5) is 0 Å². The highest BCUT2D eigenvalue weighted by molar-refractivity contribution is 7.85. The van der Waals surface area contributed by atoms with Crippen molar-refractivity contribution in [3.8, 4) is 11.8 Å². The molecule has 1 aromatic rings. The third kappa shape index (κ3) is 3.65. The predicted molar refractivity (Wildman–Crippen MR) is 76.6 cm³/mol. The van der Waals surface area contributed by atoms with E-state index in [0.29, 0.717) is 42.1 Å². The maximum absolute atomic E-state index is 12.4. The monoisotopic (exact) mass is 292 g/mol. The van der Waals surface area contributed by atoms with Crippen LogP contribution in [-0.4, -0.2) is 56.3 Å². The molecule has 0 radical (unpaired) electrons. The maximum atomic E-state index is 12.4. The third-order valence-corrected chi connectivity index (χ3v) is 4.25. The van der Waals surface area contributed by atoms with E-state index in [-0.39, 0.29) is 12.5 Å². The molecule has 0 aromatic carbocycles. The molecule has 0 bridgehead atoms. The lowest BCUT2D eigenvalue weighted by Crippen LogP contribution is -2.42. The number of hydrogen-bond donors (Lipinski definition) is 1. The lowest BCUT2D eigenvalue weighted by molar-refractivity contribution is 0.0771. The van der Waals surface area contributed by atoms with Gasteiger partial charge in [-0.05, 0) is 6.07 Å². The summed E-state index contributed by atoms with van der Waals surface area (Å²) >= 11 is 0. The zero-order valence-corrected chi connectivity index (χ0v) is 11.9. The van der Waals surface area contributed by atoms with Crippen LogP contribution < -0.4 is 0 Å². The minimum atomic E-state index is -0.807. The van der Waals surface area contributed by atoms with E-state index in [9.17, 15) is 9.00 Å². The molecule has 2 rings (SSSR count). The standard InChI is InChI=1S/C14H16N2O3S/c17-8-2-1-3-12-11-15-5-4-13(12)14(18)16-6-9-20(19)10-7-16/h4-5,11,17H,2,6-10H2. The van der Waals surface area contributed by atoms with Gasteiger partial charge in [0.2, 0.25) is 0 Å². The topological polar surface area (TPSA) is 70.5 Å². The Balaban J connectivity index is 2.18. The van der Waals surface area contributed by atoms with Gasteiger partial charge in [-0.15, -0.1) is 0 Å². The maximum Gasteiger partial charge on any atom is 0.255 e. The third-order valence-electron chi connectivity index (χ3n) is 2.98. The average Bonchev–Trinajstić information content (AvgIpc) is 2.48. The number of hydrogen-bond acceptors (Lipinski definition) is 4. The fraction of sp³-hybridized carbons (Fsp3) is 0.429. The summed E-state index contributed by atoms with van der Waals surface area (Å²) in [5.74, 6) is 6.62. The van der Waals surface area contributed by atoms with E-state index in [4.69, 9.17) is 5.11 Å². The first-order chi connectivity index (χ1) is 9.72. The van der Waals surface area contributed by atoms with Crippen molar-refractivity contribution in [2.75, 3.05) is 31.2 Å². The summed E-state index contributed by atoms with van der Waals surface area (Å²) in [6.45, 7) is 1.02. The number of carbonyl (C=O) groups excluding carboxylic acids is 1. The van der Waals surface area contributed by atoms with Crippen LogP contribution in [0.25, 0.3) is 0 Å². The highest BCUT2D eigenvalue weighted by Gasteiger charge is 2.22. The molecular formula is C14H16N2O3S. The minimum Gasteiger partial charge on any atom is -0.395 e. The van der Waals surface area contributed by atoms with Crippen LogP contribution >= 0.6 is 0 Å². The molecule has 1 amide bonds. The number of pyridine rings is 1. The van der Waals surface area contributed by atoms with E-state index < -0.39 is 10.8 Å². The number of carbonyl (C=O) groups is 1. The summed E-state index contributed by atoms with van der Waals surface area (Å²) < 4.78 is 11.3. The summed E-state index contributed by atoms with van der Waals surface area (Å²) in [7, 11) is -0.807. The average molecular weight is 292 g/mol. The molecule has 1 saturated heterocycles. The Bertz CT molecular complexity index is 567. The van der Waals surface area contributed by atoms with Gasteiger partial charge in [0.05, 0.1) is 17.7 Å². The Labute approximate surface area is 120 Å². The van der Waals surface area contributed by atoms with Crippen molar-refractivity contribution in [3.63, 3.8) is 0 Å². The molecule has 1 aliphatic rings. The predicted octanol–water partition coefficient (Wildman–Crippen LogP) is 0.0200. The molecule has 1 N–H and O–H groups in total. The fourth-order valence-electron chi connectivity index (χ4n) is 1.91. The first-order valence-corrected chi connectivity index (χ1v) is 7.89. The van der Waals surface area contributed by atoms with Crippen LogP contribution in [0.2, 0.25) is 0 Å². The lowest BCUT2D eigenvalue weighted by atomic mass is 10.1. The summed E-state index contributed by atoms with van der Waals surface area (Å²) in [6, 6.07) is 1.65. The molecule has 0 saturated carbocycles. The van der Waals surface area contributed by atoms with Crippen molar-refractivity contribution < 1.29 is 14.1 Å². The largest absolute Gasteiger partial charge is 0.395 e. The molecule has 0 atom stereocenters. The van der Waals surface area contributed by atoms with Crippen LogP contribution in [0.5, 0.6) is 0 Å². The van der Waals surface area contributed by atoms with Gasteiger partial charge in [0.15, 0.2) is 0 Å². The van der Waals surface area contributed by atoms with Crippen LogP contribution in [0, 0.1) is 11.8 Å². The van der Waals surface area contributed by atoms with Crippen LogP contribution in [-0.2, 0) is 10.8 Å². The second-order valence-electron chi connectivity index (χ2n) is 4.34. The molecular weight excluding hydrogens is 276 g/mol. The van der Waals surface area contributed by atoms with Crippen molar-refractivity contribution in [2.45, 2.75) is 6.42 Å². The van der Waals surface area contributed by atoms with Gasteiger partial charge in [0.1, 0.15) is 0 Å². The van der Waals surface area contributed by atoms with Crippen molar-refractivity contribution in [1.29, 1.82) is 0 Å². The molecule has 106 valence electrons. The minimum absolute atomic E-state index is 0.00548. The number of nitrogens with zero attached hydrogens (tertiary/aromatic N) is 2. The zero-order chi connectivity index (χ0) is 14.4. The first-order valence-electron chi connectivity index (χ1n) is 6.40. The van der Waals surface area contributed by atoms with Gasteiger partial charge >= 0.3 is 0 Å². The van der Waals surface area contributed by atoms with Crippen LogP contribution in [0.1, 0.15) is 22.3 Å². The van der Waals surface area contributed by atoms with E-state index in [1.807, 2.05) is 0 Å². The second kappa shape index (κ2) is 7.17. The molecule has 6 heteroatoms. The first kappa shape index (κ1) is 14.7. The molecule has 1 aliphatic heterocycles. The van der Waals surface area contributed by atoms with Crippen LogP contribution in [0.3, 0.4) is 0 Å². The summed E-state index contributed by atoms with van der Waals surface area (Å²) in [5.41, 5.74) is 1.08. The molecule has 1 aromatic heterocycles. The highest BCUT2D eigenvalue weighted by Crippen LogP contribution is 2.11. The van der Waals surface area contributed by atoms with Crippen molar-refractivity contribution >= 4 is 16.7 Å². The van der Waals surface area contributed by atoms with Gasteiger partial charge in [-0.1, -0.05) is 11.8 Å². The van der Waals surface area contributed by atoms with E-state index in [1.54, 1.807) is 23.4 Å². The van der Waals surface area contributed by atoms with E-state index in [2.05, 4.69) is 16.8 Å². The van der Waals surface area contributed by atoms with Gasteiger partial charge < -0.3 is 10.0 Å². The van der Waals surface area contributed by atoms with Crippen LogP contribution in [0.15, 0.2) is 18.5 Å². The highest BCUT2D eigenvalue weighted by atomic mass is 32.2. The van der Waals surface area contributed by atoms with Gasteiger partial charge in [-0.3, -0.25) is 14.0 Å². The molecule has 5 nitrogen and oxygen atoms in total. The molecule has 20 heavy (non-hydrogen) atoms. The zero-order valence-electron chi connectivity index (χ0n) is 11.0. The molecule has 0 spiro atoms. The number of aliphatic hydroxyl groups excluding tert-OH is 1. The Morgan fingerprint density at radius 1 is 1.45 bits per heavy atom. The Morgan fingerprint density at radius 3 is 2.90 bits per heavy atom. The number of amides is 1. The molecule has 2 heterocycles. The number of aromatic nitrogens is 1. The van der Waals surface area contributed by atoms with E-state index in [0.717, 1.165) is 0 Å². The van der Waals surface area contributed by atoms with Crippen molar-refractivity contribution in [1.82, 2.24) is 9.88 Å². The molecule has 0 aliphatic carbocycles. The number of rotatable bonds is 2. The Morgan fingerprint density at radius 2 is 2.20 bits per heavy atom. The quantitative estimate of drug-likeness (QED) is 0.780. The molecule has 1 fully saturated rings. The van der Waals surface area contributed by atoms with Gasteiger partial charge in [0, 0.05) is 54.2 Å². The number of aliphatic hydroxyl groups is 1. The Hall–Kier alpha value is -1.71. The van der Waals surface area contributed by atoms with E-state index >= 15 is 0 Å². The Kier molecular flexibility index (Phi) is 5.27. The van der Waals surface area contributed by atoms with Gasteiger partial charge in [-0.2, -0.15) is 0 Å². The van der Waals surface area contributed by atoms with E-state index in [1.165, 1.54) is 0 Å². The van der Waals surface area contributed by atoms with Gasteiger partial charge in [0.25, 0.3) is 5.91 Å². The summed E-state index contributed by atoms with van der Waals surface area (Å²) in [5, 5.41) is 8.73. The van der Waals surface area contributed by atoms with Crippen molar-refractivity contribution in [2.24, 2.45) is 0 Å². The summed E-state index contributed by atoms with van der Waals surface area (Å²) in [4.78, 5) is 18.1. The lowest BCUT2D eigenvalue weighted by Gasteiger charge is -2.26. The second-order valence-corrected chi connectivity index (χ2v) is 6.03. The fourth-order valence-corrected chi connectivity index (χ4v) is 2.96. The van der Waals surface area contributed by atoms with Gasteiger partial charge in [-0.25, -0.2) is 0 Å². The smallest absolute Gasteiger partial charge is 0.255 e.